The summed E-state index contributed by atoms with van der Waals surface area (Å²) in [7, 11) is 0.600. The molecule has 0 aromatic heterocycles. The number of benzene rings is 4. The number of hydrogen-bond donors (Lipinski definition) is 4. The molecule has 18 heteroatoms. The first-order chi connectivity index (χ1) is 41.4. The average Bonchev–Trinajstić information content (AvgIpc) is 1.74. The molecule has 2 unspecified atom stereocenters. The molecule has 2 saturated carbocycles. The predicted molar refractivity (Wildman–Crippen MR) is 359 cm³/mol. The van der Waals surface area contributed by atoms with E-state index in [9.17, 15) is 39.6 Å². The third-order valence-corrected chi connectivity index (χ3v) is 17.6. The van der Waals surface area contributed by atoms with Crippen molar-refractivity contribution in [2.45, 2.75) is 244 Å². The molecular formula is C70H98N4O12Si2. The van der Waals surface area contributed by atoms with Gasteiger partial charge in [-0.15, -0.1) is 0 Å². The molecule has 6 rings (SSSR count). The van der Waals surface area contributed by atoms with Crippen molar-refractivity contribution in [2.24, 2.45) is 20.0 Å². The van der Waals surface area contributed by atoms with Gasteiger partial charge in [-0.1, -0.05) is 134 Å². The molecule has 2 fully saturated rings. The number of hydrogen-bond acceptors (Lipinski definition) is 16. The lowest BCUT2D eigenvalue weighted by Crippen LogP contribution is -2.27. The van der Waals surface area contributed by atoms with Crippen molar-refractivity contribution in [3.63, 3.8) is 0 Å². The first-order valence-electron chi connectivity index (χ1n) is 31.8. The maximum absolute atomic E-state index is 13.4. The smallest absolute Gasteiger partial charge is 0.311 e. The number of rotatable bonds is 23. The van der Waals surface area contributed by atoms with E-state index in [2.05, 4.69) is 6.55 Å². The Morgan fingerprint density at radius 2 is 0.682 bits per heavy atom. The van der Waals surface area contributed by atoms with Crippen LogP contribution in [-0.4, -0.2) is 113 Å². The van der Waals surface area contributed by atoms with Gasteiger partial charge in [-0.25, -0.2) is 0 Å². The van der Waals surface area contributed by atoms with Crippen LogP contribution in [0.3, 0.4) is 0 Å². The van der Waals surface area contributed by atoms with Crippen LogP contribution in [0, 0.1) is 0 Å². The van der Waals surface area contributed by atoms with Crippen molar-refractivity contribution in [2.75, 3.05) is 0 Å². The second-order valence-corrected chi connectivity index (χ2v) is 30.6. The lowest BCUT2D eigenvalue weighted by atomic mass is 9.85. The van der Waals surface area contributed by atoms with E-state index in [4.69, 9.17) is 38.9 Å². The molecule has 4 aromatic carbocycles. The largest absolute Gasteiger partial charge is 0.507 e. The number of aliphatic imine (C=N–C) groups is 4. The Balaban J connectivity index is 1.08. The van der Waals surface area contributed by atoms with Gasteiger partial charge in [-0.3, -0.25) is 39.1 Å². The maximum atomic E-state index is 13.4. The van der Waals surface area contributed by atoms with Crippen LogP contribution in [0.25, 0.3) is 0 Å². The molecule has 16 nitrogen and oxygen atoms in total. The lowest BCUT2D eigenvalue weighted by Gasteiger charge is -2.26. The van der Waals surface area contributed by atoms with Gasteiger partial charge >= 0.3 is 23.9 Å². The summed E-state index contributed by atoms with van der Waals surface area (Å²) in [6, 6.07) is 14.1. The molecule has 88 heavy (non-hydrogen) atoms. The number of ether oxygens (including phenoxy) is 4. The molecule has 0 bridgehead atoms. The van der Waals surface area contributed by atoms with Crippen molar-refractivity contribution >= 4 is 68.5 Å². The molecular weight excluding hydrogens is 1140 g/mol. The molecule has 0 saturated heterocycles. The van der Waals surface area contributed by atoms with E-state index >= 15 is 0 Å². The predicted octanol–water partition coefficient (Wildman–Crippen LogP) is 12.9. The minimum absolute atomic E-state index is 0.0404. The number of esters is 4. The van der Waals surface area contributed by atoms with Crippen molar-refractivity contribution < 1.29 is 58.6 Å². The van der Waals surface area contributed by atoms with E-state index in [-0.39, 0.29) is 93.0 Å². The van der Waals surface area contributed by atoms with Crippen molar-refractivity contribution in [3.8, 4) is 46.0 Å². The van der Waals surface area contributed by atoms with Gasteiger partial charge in [0, 0.05) is 115 Å². The zero-order chi connectivity index (χ0) is 64.7. The van der Waals surface area contributed by atoms with Crippen LogP contribution >= 0.6 is 0 Å². The van der Waals surface area contributed by atoms with E-state index in [1.54, 1.807) is 73.4 Å². The summed E-state index contributed by atoms with van der Waals surface area (Å²) in [6.45, 7) is 25.9. The number of phenols is 4. The number of nitrogens with zero attached hydrogens (tertiary/aromatic N) is 4. The maximum Gasteiger partial charge on any atom is 0.311 e. The molecule has 0 amide bonds. The van der Waals surface area contributed by atoms with Crippen LogP contribution in [0.15, 0.2) is 68.5 Å². The SMILES string of the molecule is C[SiH2]CCC(=O)Oc1cc(/C=N/[C@@H]2CCCCC2/N=C/c2cc(OC(=O)CCCCCC(=O)Oc3cc(/C=N/C4CCCC[C@H]4/N=C/c4cc(OC(=O)CC[SiH3])cc(C(C)(C)C)c4O)c(O)c(C(C)(C)C)c3)cc(C(C)(C)C)c2O)c(O)c(C(C)(C)C)c1. The zero-order valence-electron chi connectivity index (χ0n) is 54.8. The molecule has 2 aliphatic rings. The Morgan fingerprint density at radius 1 is 0.432 bits per heavy atom. The summed E-state index contributed by atoms with van der Waals surface area (Å²) in [5, 5.41) is 46.0. The van der Waals surface area contributed by atoms with Gasteiger partial charge < -0.3 is 39.4 Å². The number of carbonyl (C=O) groups is 4. The fourth-order valence-corrected chi connectivity index (χ4v) is 12.0. The minimum Gasteiger partial charge on any atom is -0.507 e. The summed E-state index contributed by atoms with van der Waals surface area (Å²) in [5.74, 6) is 0.0266. The molecule has 2 aliphatic carbocycles. The Bertz CT molecular complexity index is 3230. The van der Waals surface area contributed by atoms with Gasteiger partial charge in [-0.2, -0.15) is 0 Å². The van der Waals surface area contributed by atoms with Crippen molar-refractivity contribution in [1.29, 1.82) is 0 Å². The van der Waals surface area contributed by atoms with Gasteiger partial charge in [0.1, 0.15) is 46.0 Å². The van der Waals surface area contributed by atoms with Crippen molar-refractivity contribution in [1.82, 2.24) is 0 Å². The molecule has 4 aromatic rings. The highest BCUT2D eigenvalue weighted by Crippen LogP contribution is 2.41. The van der Waals surface area contributed by atoms with Crippen LogP contribution in [0.1, 0.15) is 224 Å². The van der Waals surface area contributed by atoms with Gasteiger partial charge in [0.05, 0.1) is 24.2 Å². The molecule has 0 heterocycles. The van der Waals surface area contributed by atoms with Crippen LogP contribution in [-0.2, 0) is 40.8 Å². The monoisotopic (exact) mass is 1240 g/mol. The summed E-state index contributed by atoms with van der Waals surface area (Å²) >= 11 is 0. The Hall–Kier alpha value is -6.93. The minimum atomic E-state index is -0.511. The molecule has 0 aliphatic heterocycles. The number of carbonyl (C=O) groups excluding carboxylic acids is 4. The normalized spacial score (nSPS) is 18.1. The van der Waals surface area contributed by atoms with Crippen LogP contribution in [0.2, 0.25) is 18.6 Å². The van der Waals surface area contributed by atoms with E-state index < -0.39 is 33.6 Å². The Kier molecular flexibility index (Phi) is 24.7. The standard InChI is InChI=1S/C70H98N4O12Si2/c1-67(2,3)51-35-47(31-43(63(51)79)39-71-55-21-17-19-23-57(55)73-41-45-33-49(85-61(77)27-29-87)37-53(65(45)81)69(7,8)9)83-59(75)25-15-14-16-26-60(76)84-48-32-44(64(80)52(36-48)68(4,5)6)40-72-56-22-18-20-24-58(56)74-42-46-34-50(86-62(78)28-30-88-13)38-54(66(46)82)70(10,11)12/h31-42,55-58,79-82H,14-30,88H2,1-13,87H3/b71-39+,72-40+,73-41+,74-42+/t55?,56?,57-,58-/m1/s1. The highest BCUT2D eigenvalue weighted by molar-refractivity contribution is 6.33. The van der Waals surface area contributed by atoms with Crippen LogP contribution < -0.4 is 18.9 Å². The molecule has 0 spiro atoms. The second-order valence-electron chi connectivity index (χ2n) is 27.9. The third-order valence-electron chi connectivity index (χ3n) is 16.1. The molecule has 478 valence electrons. The number of phenolic OH excluding ortho intramolecular Hbond substituents is 4. The Labute approximate surface area is 527 Å². The van der Waals surface area contributed by atoms with E-state index in [0.29, 0.717) is 88.1 Å². The first kappa shape index (κ1) is 70.2. The fraction of sp³-hybridized carbons (Fsp3) is 0.543. The topological polar surface area (TPSA) is 236 Å². The third kappa shape index (κ3) is 20.3. The molecule has 4 atom stereocenters. The Morgan fingerprint density at radius 3 is 0.920 bits per heavy atom. The van der Waals surface area contributed by atoms with E-state index in [0.717, 1.165) is 73.7 Å². The first-order valence-corrected chi connectivity index (χ1v) is 35.6. The van der Waals surface area contributed by atoms with Gasteiger partial charge in [-0.05, 0) is 109 Å². The highest BCUT2D eigenvalue weighted by atomic mass is 28.2. The van der Waals surface area contributed by atoms with E-state index in [1.165, 1.54) is 0 Å². The van der Waals surface area contributed by atoms with E-state index in [1.807, 2.05) is 83.1 Å². The van der Waals surface area contributed by atoms with Crippen molar-refractivity contribution in [3.05, 3.63) is 93.0 Å². The van der Waals surface area contributed by atoms with Crippen LogP contribution in [0.5, 0.6) is 46.0 Å². The fourth-order valence-electron chi connectivity index (χ4n) is 11.0. The van der Waals surface area contributed by atoms with Crippen LogP contribution in [0.4, 0.5) is 0 Å². The molecule has 4 N–H and O–H groups in total. The second kappa shape index (κ2) is 31.0. The summed E-state index contributed by atoms with van der Waals surface area (Å²) in [6.07, 6.45) is 15.7. The summed E-state index contributed by atoms with van der Waals surface area (Å²) in [5.41, 5.74) is 2.30. The van der Waals surface area contributed by atoms with Gasteiger partial charge in [0.15, 0.2) is 0 Å². The number of unbranched alkanes of at least 4 members (excludes halogenated alkanes) is 2. The van der Waals surface area contributed by atoms with Gasteiger partial charge in [0.2, 0.25) is 0 Å². The summed E-state index contributed by atoms with van der Waals surface area (Å²) in [4.78, 5) is 71.7. The summed E-state index contributed by atoms with van der Waals surface area (Å²) < 4.78 is 23.2. The highest BCUT2D eigenvalue weighted by Gasteiger charge is 2.30. The average molecular weight is 1240 g/mol. The lowest BCUT2D eigenvalue weighted by molar-refractivity contribution is -0.135. The molecule has 0 radical (unpaired) electrons. The van der Waals surface area contributed by atoms with Gasteiger partial charge in [0.25, 0.3) is 0 Å². The quantitative estimate of drug-likeness (QED) is 0.0178. The zero-order valence-corrected chi connectivity index (χ0v) is 58.2. The number of aromatic hydroxyl groups is 4.